The van der Waals surface area contributed by atoms with Gasteiger partial charge in [-0.1, -0.05) is 57.2 Å². The minimum Gasteiger partial charge on any atom is -0.192 e. The molecule has 3 aromatic carbocycles. The topological polar surface area (TPSA) is 23.8 Å². The normalized spacial score (nSPS) is 11.0. The lowest BCUT2D eigenvalue weighted by Gasteiger charge is -2.19. The molecule has 0 spiro atoms. The maximum Gasteiger partial charge on any atom is 0.100 e. The molecule has 0 heterocycles. The second-order valence-electron chi connectivity index (χ2n) is 5.69. The third-order valence-corrected chi connectivity index (χ3v) is 4.70. The number of hydrogen-bond acceptors (Lipinski definition) is 1. The van der Waals surface area contributed by atoms with E-state index in [9.17, 15) is 5.26 Å². The summed E-state index contributed by atoms with van der Waals surface area (Å²) < 4.78 is 0. The number of hydrogen-bond donors (Lipinski definition) is 0. The number of nitriles is 1. The maximum atomic E-state index is 9.75. The molecule has 0 aliphatic rings. The monoisotopic (exact) mass is 287 g/mol. The molecule has 0 aromatic heterocycles. The summed E-state index contributed by atoms with van der Waals surface area (Å²) in [6.07, 6.45) is 2.91. The van der Waals surface area contributed by atoms with E-state index >= 15 is 0 Å². The first-order valence-electron chi connectivity index (χ1n) is 8.14. The molecule has 1 nitrogen and oxygen atoms in total. The molecular weight excluding hydrogens is 266 g/mol. The zero-order valence-corrected chi connectivity index (χ0v) is 13.5. The molecular formula is C21H21N. The highest BCUT2D eigenvalue weighted by atomic mass is 14.3. The molecule has 0 bridgehead atoms. The Hall–Kier alpha value is -2.33. The van der Waals surface area contributed by atoms with Crippen molar-refractivity contribution in [1.29, 1.82) is 5.26 Å². The molecule has 0 saturated carbocycles. The summed E-state index contributed by atoms with van der Waals surface area (Å²) in [6, 6.07) is 15.3. The number of nitrogens with zero attached hydrogens (tertiary/aromatic N) is 1. The maximum absolute atomic E-state index is 9.75. The van der Waals surface area contributed by atoms with Gasteiger partial charge in [0.15, 0.2) is 0 Å². The van der Waals surface area contributed by atoms with Gasteiger partial charge >= 0.3 is 0 Å². The van der Waals surface area contributed by atoms with Crippen LogP contribution in [0.15, 0.2) is 36.4 Å². The highest BCUT2D eigenvalue weighted by Crippen LogP contribution is 2.36. The molecule has 0 aliphatic heterocycles. The summed E-state index contributed by atoms with van der Waals surface area (Å²) in [5.74, 6) is 0. The second-order valence-corrected chi connectivity index (χ2v) is 5.69. The van der Waals surface area contributed by atoms with Crippen LogP contribution in [-0.2, 0) is 19.3 Å². The Balaban J connectivity index is 2.64. The molecule has 0 saturated heterocycles. The average molecular weight is 287 g/mol. The zero-order valence-electron chi connectivity index (χ0n) is 13.5. The fourth-order valence-electron chi connectivity index (χ4n) is 3.79. The van der Waals surface area contributed by atoms with E-state index in [0.717, 1.165) is 30.2 Å². The van der Waals surface area contributed by atoms with Crippen LogP contribution < -0.4 is 0 Å². The Labute approximate surface area is 132 Å². The Bertz CT molecular complexity index is 897. The summed E-state index contributed by atoms with van der Waals surface area (Å²) in [5, 5.41) is 14.7. The molecule has 22 heavy (non-hydrogen) atoms. The van der Waals surface area contributed by atoms with Crippen LogP contribution in [-0.4, -0.2) is 0 Å². The van der Waals surface area contributed by atoms with E-state index in [2.05, 4.69) is 63.2 Å². The number of benzene rings is 3. The predicted molar refractivity (Wildman–Crippen MR) is 94.3 cm³/mol. The Morgan fingerprint density at radius 3 is 2.09 bits per heavy atom. The van der Waals surface area contributed by atoms with Crippen LogP contribution in [0.1, 0.15) is 43.0 Å². The third-order valence-electron chi connectivity index (χ3n) is 4.70. The molecule has 0 atom stereocenters. The van der Waals surface area contributed by atoms with Gasteiger partial charge in [-0.25, -0.2) is 0 Å². The molecule has 110 valence electrons. The van der Waals surface area contributed by atoms with Crippen LogP contribution in [0, 0.1) is 11.3 Å². The molecule has 3 aromatic rings. The fraction of sp³-hybridized carbons (Fsp3) is 0.286. The Morgan fingerprint density at radius 2 is 1.45 bits per heavy atom. The van der Waals surface area contributed by atoms with Crippen LogP contribution in [0.25, 0.3) is 21.5 Å². The third kappa shape index (κ3) is 1.99. The summed E-state index contributed by atoms with van der Waals surface area (Å²) in [6.45, 7) is 6.58. The van der Waals surface area contributed by atoms with E-state index < -0.39 is 0 Å². The summed E-state index contributed by atoms with van der Waals surface area (Å²) in [5.41, 5.74) is 4.91. The van der Waals surface area contributed by atoms with Crippen molar-refractivity contribution in [2.45, 2.75) is 40.0 Å². The largest absolute Gasteiger partial charge is 0.192 e. The molecule has 0 fully saturated rings. The van der Waals surface area contributed by atoms with Crippen LogP contribution in [0.4, 0.5) is 0 Å². The molecule has 0 amide bonds. The molecule has 0 unspecified atom stereocenters. The van der Waals surface area contributed by atoms with Gasteiger partial charge in [0.05, 0.1) is 5.56 Å². The first-order valence-corrected chi connectivity index (χ1v) is 8.14. The van der Waals surface area contributed by atoms with Gasteiger partial charge in [0.25, 0.3) is 0 Å². The predicted octanol–water partition coefficient (Wildman–Crippen LogP) is 5.55. The number of rotatable bonds is 3. The Morgan fingerprint density at radius 1 is 0.773 bits per heavy atom. The van der Waals surface area contributed by atoms with Crippen molar-refractivity contribution in [2.75, 3.05) is 0 Å². The number of fused-ring (bicyclic) bond motifs is 3. The lowest BCUT2D eigenvalue weighted by molar-refractivity contribution is 0.990. The van der Waals surface area contributed by atoms with Gasteiger partial charge in [-0.05, 0) is 52.1 Å². The van der Waals surface area contributed by atoms with Gasteiger partial charge in [-0.3, -0.25) is 0 Å². The van der Waals surface area contributed by atoms with Gasteiger partial charge in [0, 0.05) is 5.39 Å². The minimum absolute atomic E-state index is 0.873. The standard InChI is InChI=1S/C21H21N/c1-4-15-16(5-2)20(13-22)19-12-11-14-9-7-8-10-18(14)21(19)17(15)6-3/h7-12H,4-6H2,1-3H3. The van der Waals surface area contributed by atoms with E-state index in [4.69, 9.17) is 0 Å². The SMILES string of the molecule is CCc1c(CC)c(CC)c2c(ccc3ccccc32)c1C#N. The van der Waals surface area contributed by atoms with Crippen molar-refractivity contribution >= 4 is 21.5 Å². The van der Waals surface area contributed by atoms with Crippen molar-refractivity contribution < 1.29 is 0 Å². The minimum atomic E-state index is 0.873. The molecule has 0 N–H and O–H groups in total. The van der Waals surface area contributed by atoms with Crippen LogP contribution in [0.3, 0.4) is 0 Å². The summed E-state index contributed by atoms with van der Waals surface area (Å²) in [7, 11) is 0. The summed E-state index contributed by atoms with van der Waals surface area (Å²) >= 11 is 0. The second kappa shape index (κ2) is 5.81. The van der Waals surface area contributed by atoms with Crippen molar-refractivity contribution in [2.24, 2.45) is 0 Å². The van der Waals surface area contributed by atoms with E-state index in [1.165, 1.54) is 32.8 Å². The van der Waals surface area contributed by atoms with Gasteiger partial charge in [-0.2, -0.15) is 5.26 Å². The highest BCUT2D eigenvalue weighted by Gasteiger charge is 2.17. The lowest BCUT2D eigenvalue weighted by atomic mass is 9.84. The zero-order chi connectivity index (χ0) is 15.7. The first kappa shape index (κ1) is 14.6. The van der Waals surface area contributed by atoms with Crippen molar-refractivity contribution in [3.05, 3.63) is 58.7 Å². The smallest absolute Gasteiger partial charge is 0.100 e. The molecule has 0 aliphatic carbocycles. The highest BCUT2D eigenvalue weighted by molar-refractivity contribution is 6.11. The van der Waals surface area contributed by atoms with Crippen molar-refractivity contribution in [3.63, 3.8) is 0 Å². The molecule has 3 rings (SSSR count). The van der Waals surface area contributed by atoms with Crippen LogP contribution in [0.5, 0.6) is 0 Å². The van der Waals surface area contributed by atoms with E-state index in [1.54, 1.807) is 0 Å². The first-order chi connectivity index (χ1) is 10.8. The van der Waals surface area contributed by atoms with Gasteiger partial charge in [0.1, 0.15) is 6.07 Å². The van der Waals surface area contributed by atoms with Gasteiger partial charge < -0.3 is 0 Å². The van der Waals surface area contributed by atoms with E-state index in [-0.39, 0.29) is 0 Å². The summed E-state index contributed by atoms with van der Waals surface area (Å²) in [4.78, 5) is 0. The molecule has 1 heteroatoms. The number of aryl methyl sites for hydroxylation is 1. The quantitative estimate of drug-likeness (QED) is 0.579. The average Bonchev–Trinajstić information content (AvgIpc) is 2.58. The van der Waals surface area contributed by atoms with Gasteiger partial charge in [-0.15, -0.1) is 0 Å². The lowest BCUT2D eigenvalue weighted by Crippen LogP contribution is -2.03. The fourth-order valence-corrected chi connectivity index (χ4v) is 3.79. The van der Waals surface area contributed by atoms with Crippen LogP contribution in [0.2, 0.25) is 0 Å². The van der Waals surface area contributed by atoms with E-state index in [0.29, 0.717) is 0 Å². The Kier molecular flexibility index (Phi) is 3.86. The van der Waals surface area contributed by atoms with E-state index in [1.807, 2.05) is 0 Å². The van der Waals surface area contributed by atoms with Crippen molar-refractivity contribution in [1.82, 2.24) is 0 Å². The molecule has 0 radical (unpaired) electrons. The van der Waals surface area contributed by atoms with Crippen molar-refractivity contribution in [3.8, 4) is 6.07 Å². The van der Waals surface area contributed by atoms with Gasteiger partial charge in [0.2, 0.25) is 0 Å². The van der Waals surface area contributed by atoms with Crippen LogP contribution >= 0.6 is 0 Å².